The zero-order valence-corrected chi connectivity index (χ0v) is 16.2. The highest BCUT2D eigenvalue weighted by Gasteiger charge is 2.11. The highest BCUT2D eigenvalue weighted by atomic mass is 19.1. The number of nitrogens with one attached hydrogen (secondary N) is 2. The molecule has 0 radical (unpaired) electrons. The minimum atomic E-state index is -0.312. The number of carbonyl (C=O) groups is 1. The molecule has 0 fully saturated rings. The second-order valence-corrected chi connectivity index (χ2v) is 6.90. The molecule has 1 heterocycles. The number of carbonyl (C=O) groups excluding carboxylic acids is 1. The van der Waals surface area contributed by atoms with Crippen LogP contribution in [0.15, 0.2) is 54.6 Å². The topological polar surface area (TPSA) is 66.9 Å². The standard InChI is InChI=1S/C22H23FN4O/c1-14(2)17-6-10-19(11-7-17)27-21-12-20(25-15(3)26-21)22(28)24-13-16-4-8-18(23)9-5-16/h4-12,14H,13H2,1-3H3,(H,24,28)(H,25,26,27). The van der Waals surface area contributed by atoms with E-state index < -0.39 is 0 Å². The van der Waals surface area contributed by atoms with Crippen molar-refractivity contribution in [1.82, 2.24) is 15.3 Å². The molecule has 6 heteroatoms. The Morgan fingerprint density at radius 3 is 2.36 bits per heavy atom. The van der Waals surface area contributed by atoms with Gasteiger partial charge in [0.05, 0.1) is 0 Å². The Kier molecular flexibility index (Phi) is 5.99. The largest absolute Gasteiger partial charge is 0.347 e. The van der Waals surface area contributed by atoms with Gasteiger partial charge in [-0.25, -0.2) is 14.4 Å². The van der Waals surface area contributed by atoms with Gasteiger partial charge in [-0.05, 0) is 48.2 Å². The fourth-order valence-electron chi connectivity index (χ4n) is 2.72. The normalized spacial score (nSPS) is 10.8. The van der Waals surface area contributed by atoms with E-state index in [-0.39, 0.29) is 17.4 Å². The predicted octanol–water partition coefficient (Wildman–Crippen LogP) is 4.72. The molecule has 0 saturated carbocycles. The van der Waals surface area contributed by atoms with Crippen LogP contribution < -0.4 is 10.6 Å². The molecule has 5 nitrogen and oxygen atoms in total. The van der Waals surface area contributed by atoms with Crippen LogP contribution in [0.1, 0.15) is 47.2 Å². The third-order valence-electron chi connectivity index (χ3n) is 4.29. The molecule has 3 rings (SSSR count). The number of nitrogens with zero attached hydrogens (tertiary/aromatic N) is 2. The van der Waals surface area contributed by atoms with E-state index in [0.717, 1.165) is 11.3 Å². The quantitative estimate of drug-likeness (QED) is 0.651. The maximum Gasteiger partial charge on any atom is 0.270 e. The average Bonchev–Trinajstić information content (AvgIpc) is 2.67. The van der Waals surface area contributed by atoms with Crippen LogP contribution in [0.4, 0.5) is 15.9 Å². The van der Waals surface area contributed by atoms with Gasteiger partial charge >= 0.3 is 0 Å². The lowest BCUT2D eigenvalue weighted by atomic mass is 10.0. The first-order valence-electron chi connectivity index (χ1n) is 9.16. The molecule has 0 aliphatic carbocycles. The van der Waals surface area contributed by atoms with E-state index in [9.17, 15) is 9.18 Å². The maximum absolute atomic E-state index is 13.0. The van der Waals surface area contributed by atoms with Crippen LogP contribution in [0, 0.1) is 12.7 Å². The summed E-state index contributed by atoms with van der Waals surface area (Å²) in [6, 6.07) is 15.7. The minimum Gasteiger partial charge on any atom is -0.347 e. The first kappa shape index (κ1) is 19.5. The third-order valence-corrected chi connectivity index (χ3v) is 4.29. The lowest BCUT2D eigenvalue weighted by molar-refractivity contribution is 0.0945. The summed E-state index contributed by atoms with van der Waals surface area (Å²) in [5.41, 5.74) is 3.23. The van der Waals surface area contributed by atoms with Crippen molar-refractivity contribution in [2.45, 2.75) is 33.2 Å². The van der Waals surface area contributed by atoms with Crippen LogP contribution in [-0.2, 0) is 6.54 Å². The number of anilines is 2. The molecule has 1 aromatic heterocycles. The lowest BCUT2D eigenvalue weighted by Crippen LogP contribution is -2.24. The molecule has 3 aromatic rings. The van der Waals surface area contributed by atoms with E-state index in [1.165, 1.54) is 17.7 Å². The van der Waals surface area contributed by atoms with Crippen LogP contribution in [0.3, 0.4) is 0 Å². The zero-order valence-electron chi connectivity index (χ0n) is 16.2. The molecule has 0 saturated heterocycles. The van der Waals surface area contributed by atoms with Gasteiger partial charge in [-0.3, -0.25) is 4.79 Å². The van der Waals surface area contributed by atoms with Crippen molar-refractivity contribution in [3.63, 3.8) is 0 Å². The Hall–Kier alpha value is -3.28. The molecule has 28 heavy (non-hydrogen) atoms. The molecular formula is C22H23FN4O. The molecule has 0 bridgehead atoms. The van der Waals surface area contributed by atoms with Gasteiger partial charge in [-0.15, -0.1) is 0 Å². The fraction of sp³-hybridized carbons (Fsp3) is 0.227. The summed E-state index contributed by atoms with van der Waals surface area (Å²) in [6.07, 6.45) is 0. The summed E-state index contributed by atoms with van der Waals surface area (Å²) >= 11 is 0. The van der Waals surface area contributed by atoms with E-state index in [0.29, 0.717) is 24.1 Å². The number of benzene rings is 2. The average molecular weight is 378 g/mol. The van der Waals surface area contributed by atoms with E-state index >= 15 is 0 Å². The first-order chi connectivity index (χ1) is 13.4. The van der Waals surface area contributed by atoms with Gasteiger partial charge in [0.1, 0.15) is 23.2 Å². The summed E-state index contributed by atoms with van der Waals surface area (Å²) in [7, 11) is 0. The summed E-state index contributed by atoms with van der Waals surface area (Å²) in [6.45, 7) is 6.32. The van der Waals surface area contributed by atoms with Crippen molar-refractivity contribution >= 4 is 17.4 Å². The fourth-order valence-corrected chi connectivity index (χ4v) is 2.72. The molecule has 0 aliphatic rings. The van der Waals surface area contributed by atoms with Crippen molar-refractivity contribution in [2.75, 3.05) is 5.32 Å². The Balaban J connectivity index is 1.69. The second kappa shape index (κ2) is 8.61. The smallest absolute Gasteiger partial charge is 0.270 e. The molecule has 0 aliphatic heterocycles. The lowest BCUT2D eigenvalue weighted by Gasteiger charge is -2.11. The maximum atomic E-state index is 13.0. The monoisotopic (exact) mass is 378 g/mol. The van der Waals surface area contributed by atoms with Gasteiger partial charge in [-0.1, -0.05) is 38.1 Å². The number of amides is 1. The molecule has 2 N–H and O–H groups in total. The van der Waals surface area contributed by atoms with Gasteiger partial charge in [0.25, 0.3) is 5.91 Å². The highest BCUT2D eigenvalue weighted by molar-refractivity contribution is 5.93. The third kappa shape index (κ3) is 5.13. The van der Waals surface area contributed by atoms with Crippen molar-refractivity contribution in [3.8, 4) is 0 Å². The molecule has 0 unspecified atom stereocenters. The van der Waals surface area contributed by atoms with Crippen LogP contribution >= 0.6 is 0 Å². The van der Waals surface area contributed by atoms with Crippen molar-refractivity contribution in [2.24, 2.45) is 0 Å². The molecule has 2 aromatic carbocycles. The van der Waals surface area contributed by atoms with Crippen LogP contribution in [0.5, 0.6) is 0 Å². The minimum absolute atomic E-state index is 0.274. The summed E-state index contributed by atoms with van der Waals surface area (Å²) < 4.78 is 13.0. The number of aryl methyl sites for hydroxylation is 1. The summed E-state index contributed by atoms with van der Waals surface area (Å²) in [4.78, 5) is 21.0. The number of hydrogen-bond acceptors (Lipinski definition) is 4. The highest BCUT2D eigenvalue weighted by Crippen LogP contribution is 2.20. The molecule has 0 spiro atoms. The SMILES string of the molecule is Cc1nc(Nc2ccc(C(C)C)cc2)cc(C(=O)NCc2ccc(F)cc2)n1. The van der Waals surface area contributed by atoms with E-state index in [1.54, 1.807) is 25.1 Å². The Morgan fingerprint density at radius 2 is 1.71 bits per heavy atom. The second-order valence-electron chi connectivity index (χ2n) is 6.90. The van der Waals surface area contributed by atoms with Gasteiger partial charge in [0, 0.05) is 18.3 Å². The number of aromatic nitrogens is 2. The number of hydrogen-bond donors (Lipinski definition) is 2. The number of halogens is 1. The van der Waals surface area contributed by atoms with Gasteiger partial charge in [0.15, 0.2) is 0 Å². The van der Waals surface area contributed by atoms with Crippen molar-refractivity contribution in [1.29, 1.82) is 0 Å². The van der Waals surface area contributed by atoms with Crippen LogP contribution in [-0.4, -0.2) is 15.9 Å². The van der Waals surface area contributed by atoms with E-state index in [4.69, 9.17) is 0 Å². The molecule has 0 atom stereocenters. The van der Waals surface area contributed by atoms with E-state index in [1.807, 2.05) is 12.1 Å². The van der Waals surface area contributed by atoms with Gasteiger partial charge < -0.3 is 10.6 Å². The summed E-state index contributed by atoms with van der Waals surface area (Å²) in [5, 5.41) is 6.01. The van der Waals surface area contributed by atoms with Crippen molar-refractivity contribution < 1.29 is 9.18 Å². The van der Waals surface area contributed by atoms with Crippen LogP contribution in [0.25, 0.3) is 0 Å². The number of rotatable bonds is 6. The molecule has 1 amide bonds. The Bertz CT molecular complexity index is 953. The predicted molar refractivity (Wildman–Crippen MR) is 108 cm³/mol. The Morgan fingerprint density at radius 1 is 1.04 bits per heavy atom. The van der Waals surface area contributed by atoms with Crippen molar-refractivity contribution in [3.05, 3.63) is 83.1 Å². The Labute approximate surface area is 164 Å². The molecular weight excluding hydrogens is 355 g/mol. The van der Waals surface area contributed by atoms with Gasteiger partial charge in [-0.2, -0.15) is 0 Å². The van der Waals surface area contributed by atoms with E-state index in [2.05, 4.69) is 46.6 Å². The van der Waals surface area contributed by atoms with Crippen LogP contribution in [0.2, 0.25) is 0 Å². The zero-order chi connectivity index (χ0) is 20.1. The molecule has 144 valence electrons. The van der Waals surface area contributed by atoms with Gasteiger partial charge in [0.2, 0.25) is 0 Å². The first-order valence-corrected chi connectivity index (χ1v) is 9.16. The summed E-state index contributed by atoms with van der Waals surface area (Å²) in [5.74, 6) is 0.894.